The highest BCUT2D eigenvalue weighted by molar-refractivity contribution is 7.86. The molecule has 2 aromatic rings. The minimum absolute atomic E-state index is 0.144. The standard InChI is InChI=1S/C18H27N5O3S2/c1-21(15-6-3-2-4-7-15)28(24,25)23-11-9-22(10-12-23)14-17-19-20-18(26-17)16-8-5-13-27-16/h5,8,13,15H,2-4,6-7,9-12,14H2,1H3. The number of hydrogen-bond acceptors (Lipinski definition) is 7. The summed E-state index contributed by atoms with van der Waals surface area (Å²) >= 11 is 1.56. The maximum Gasteiger partial charge on any atom is 0.282 e. The van der Waals surface area contributed by atoms with Crippen LogP contribution in [0.2, 0.25) is 0 Å². The van der Waals surface area contributed by atoms with Gasteiger partial charge < -0.3 is 4.42 Å². The Labute approximate surface area is 170 Å². The number of hydrogen-bond donors (Lipinski definition) is 0. The first kappa shape index (κ1) is 20.0. The van der Waals surface area contributed by atoms with Crippen LogP contribution in [-0.2, 0) is 16.8 Å². The molecule has 0 spiro atoms. The lowest BCUT2D eigenvalue weighted by Crippen LogP contribution is -2.54. The van der Waals surface area contributed by atoms with Crippen molar-refractivity contribution >= 4 is 21.5 Å². The molecule has 1 saturated heterocycles. The van der Waals surface area contributed by atoms with Crippen LogP contribution in [0.1, 0.15) is 38.0 Å². The second-order valence-electron chi connectivity index (χ2n) is 7.47. The summed E-state index contributed by atoms with van der Waals surface area (Å²) in [5.74, 6) is 1.11. The molecule has 4 rings (SSSR count). The zero-order valence-corrected chi connectivity index (χ0v) is 17.8. The van der Waals surface area contributed by atoms with Crippen molar-refractivity contribution in [2.75, 3.05) is 33.2 Å². The molecule has 0 bridgehead atoms. The lowest BCUT2D eigenvalue weighted by atomic mass is 9.96. The van der Waals surface area contributed by atoms with Crippen LogP contribution in [0, 0.1) is 0 Å². The molecule has 2 fully saturated rings. The summed E-state index contributed by atoms with van der Waals surface area (Å²) < 4.78 is 34.9. The van der Waals surface area contributed by atoms with Crippen molar-refractivity contribution in [2.24, 2.45) is 0 Å². The SMILES string of the molecule is CN(C1CCCCC1)S(=O)(=O)N1CCN(Cc2nnc(-c3cccs3)o2)CC1. The van der Waals surface area contributed by atoms with Gasteiger partial charge in [0, 0.05) is 39.3 Å². The molecule has 0 N–H and O–H groups in total. The van der Waals surface area contributed by atoms with Gasteiger partial charge in [0.05, 0.1) is 11.4 Å². The van der Waals surface area contributed by atoms with E-state index in [2.05, 4.69) is 15.1 Å². The molecule has 8 nitrogen and oxygen atoms in total. The van der Waals surface area contributed by atoms with Crippen molar-refractivity contribution in [3.63, 3.8) is 0 Å². The van der Waals surface area contributed by atoms with Crippen molar-refractivity contribution in [3.8, 4) is 10.8 Å². The molecule has 0 aromatic carbocycles. The van der Waals surface area contributed by atoms with Crippen LogP contribution in [-0.4, -0.2) is 71.4 Å². The molecule has 1 aliphatic heterocycles. The van der Waals surface area contributed by atoms with Gasteiger partial charge in [-0.1, -0.05) is 25.3 Å². The van der Waals surface area contributed by atoms with E-state index >= 15 is 0 Å². The van der Waals surface area contributed by atoms with E-state index in [0.717, 1.165) is 30.6 Å². The quantitative estimate of drug-likeness (QED) is 0.707. The molecule has 3 heterocycles. The van der Waals surface area contributed by atoms with Gasteiger partial charge in [-0.15, -0.1) is 21.5 Å². The molecular formula is C18H27N5O3S2. The lowest BCUT2D eigenvalue weighted by Gasteiger charge is -2.38. The number of nitrogens with zero attached hydrogens (tertiary/aromatic N) is 5. The summed E-state index contributed by atoms with van der Waals surface area (Å²) in [6, 6.07) is 4.05. The van der Waals surface area contributed by atoms with Crippen molar-refractivity contribution in [3.05, 3.63) is 23.4 Å². The van der Waals surface area contributed by atoms with Crippen molar-refractivity contribution < 1.29 is 12.8 Å². The summed E-state index contributed by atoms with van der Waals surface area (Å²) in [5, 5.41) is 10.2. The van der Waals surface area contributed by atoms with Crippen molar-refractivity contribution in [1.29, 1.82) is 0 Å². The van der Waals surface area contributed by atoms with E-state index in [-0.39, 0.29) is 6.04 Å². The van der Waals surface area contributed by atoms with E-state index in [4.69, 9.17) is 4.42 Å². The number of aromatic nitrogens is 2. The smallest absolute Gasteiger partial charge is 0.282 e. The summed E-state index contributed by atoms with van der Waals surface area (Å²) in [6.07, 6.45) is 5.40. The maximum absolute atomic E-state index is 13.0. The highest BCUT2D eigenvalue weighted by Crippen LogP contribution is 2.26. The number of rotatable bonds is 6. The van der Waals surface area contributed by atoms with Gasteiger partial charge in [-0.3, -0.25) is 4.90 Å². The van der Waals surface area contributed by atoms with Gasteiger partial charge in [0.1, 0.15) is 0 Å². The Kier molecular flexibility index (Phi) is 6.12. The highest BCUT2D eigenvalue weighted by atomic mass is 32.2. The van der Waals surface area contributed by atoms with Gasteiger partial charge >= 0.3 is 0 Å². The van der Waals surface area contributed by atoms with Gasteiger partial charge in [-0.25, -0.2) is 0 Å². The summed E-state index contributed by atoms with van der Waals surface area (Å²) in [4.78, 5) is 3.12. The zero-order chi connectivity index (χ0) is 19.6. The number of thiophene rings is 1. The van der Waals surface area contributed by atoms with Crippen molar-refractivity contribution in [2.45, 2.75) is 44.7 Å². The fraction of sp³-hybridized carbons (Fsp3) is 0.667. The monoisotopic (exact) mass is 425 g/mol. The van der Waals surface area contributed by atoms with E-state index in [1.165, 1.54) is 6.42 Å². The van der Waals surface area contributed by atoms with E-state index in [1.807, 2.05) is 17.5 Å². The fourth-order valence-electron chi connectivity index (χ4n) is 3.94. The zero-order valence-electron chi connectivity index (χ0n) is 16.2. The third-order valence-electron chi connectivity index (χ3n) is 5.67. The second-order valence-corrected chi connectivity index (χ2v) is 10.4. The molecule has 10 heteroatoms. The third-order valence-corrected chi connectivity index (χ3v) is 8.57. The van der Waals surface area contributed by atoms with Gasteiger partial charge in [0.15, 0.2) is 0 Å². The molecule has 2 aromatic heterocycles. The van der Waals surface area contributed by atoms with Crippen LogP contribution in [0.3, 0.4) is 0 Å². The molecule has 0 unspecified atom stereocenters. The molecule has 0 amide bonds. The van der Waals surface area contributed by atoms with Gasteiger partial charge in [0.2, 0.25) is 5.89 Å². The van der Waals surface area contributed by atoms with Crippen LogP contribution in [0.25, 0.3) is 10.8 Å². The van der Waals surface area contributed by atoms with E-state index in [9.17, 15) is 8.42 Å². The highest BCUT2D eigenvalue weighted by Gasteiger charge is 2.34. The Morgan fingerprint density at radius 1 is 1.18 bits per heavy atom. The summed E-state index contributed by atoms with van der Waals surface area (Å²) in [6.45, 7) is 2.85. The van der Waals surface area contributed by atoms with E-state index < -0.39 is 10.2 Å². The fourth-order valence-corrected chi connectivity index (χ4v) is 6.16. The van der Waals surface area contributed by atoms with Gasteiger partial charge in [-0.2, -0.15) is 17.0 Å². The lowest BCUT2D eigenvalue weighted by molar-refractivity contribution is 0.160. The van der Waals surface area contributed by atoms with Crippen LogP contribution < -0.4 is 0 Å². The van der Waals surface area contributed by atoms with Crippen LogP contribution >= 0.6 is 11.3 Å². The minimum atomic E-state index is -3.39. The Morgan fingerprint density at radius 2 is 1.93 bits per heavy atom. The van der Waals surface area contributed by atoms with Crippen LogP contribution in [0.5, 0.6) is 0 Å². The topological polar surface area (TPSA) is 82.8 Å². The number of piperazine rings is 1. The largest absolute Gasteiger partial charge is 0.419 e. The first-order valence-electron chi connectivity index (χ1n) is 9.86. The Bertz CT molecular complexity index is 854. The Balaban J connectivity index is 1.31. The molecule has 28 heavy (non-hydrogen) atoms. The van der Waals surface area contributed by atoms with Crippen molar-refractivity contribution in [1.82, 2.24) is 23.7 Å². The average molecular weight is 426 g/mol. The van der Waals surface area contributed by atoms with E-state index in [0.29, 0.717) is 44.5 Å². The van der Waals surface area contributed by atoms with Gasteiger partial charge in [-0.05, 0) is 24.3 Å². The molecule has 0 radical (unpaired) electrons. The molecule has 2 aliphatic rings. The molecule has 1 saturated carbocycles. The summed E-state index contributed by atoms with van der Waals surface area (Å²) in [7, 11) is -1.66. The maximum atomic E-state index is 13.0. The van der Waals surface area contributed by atoms with Gasteiger partial charge in [0.25, 0.3) is 16.1 Å². The molecular weight excluding hydrogens is 398 g/mol. The first-order chi connectivity index (χ1) is 13.5. The summed E-state index contributed by atoms with van der Waals surface area (Å²) in [5.41, 5.74) is 0. The first-order valence-corrected chi connectivity index (χ1v) is 12.1. The normalized spacial score (nSPS) is 20.8. The second kappa shape index (κ2) is 8.58. The van der Waals surface area contributed by atoms with E-state index in [1.54, 1.807) is 27.0 Å². The predicted molar refractivity (Wildman–Crippen MR) is 108 cm³/mol. The molecule has 154 valence electrons. The molecule has 1 aliphatic carbocycles. The van der Waals surface area contributed by atoms with Crippen LogP contribution in [0.15, 0.2) is 21.9 Å². The minimum Gasteiger partial charge on any atom is -0.419 e. The average Bonchev–Trinajstić information content (AvgIpc) is 3.40. The van der Waals surface area contributed by atoms with Crippen LogP contribution in [0.4, 0.5) is 0 Å². The molecule has 0 atom stereocenters. The Hall–Kier alpha value is -1.33. The Morgan fingerprint density at radius 3 is 2.61 bits per heavy atom. The third kappa shape index (κ3) is 4.30. The predicted octanol–water partition coefficient (Wildman–Crippen LogP) is 2.42.